The van der Waals surface area contributed by atoms with Crippen LogP contribution in [0.2, 0.25) is 0 Å². The van der Waals surface area contributed by atoms with Crippen molar-refractivity contribution in [3.05, 3.63) is 71.0 Å². The number of hydrogen-bond donors (Lipinski definition) is 2. The van der Waals surface area contributed by atoms with Crippen molar-refractivity contribution in [2.45, 2.75) is 19.4 Å². The minimum atomic E-state index is -0.314. The van der Waals surface area contributed by atoms with Crippen molar-refractivity contribution in [3.8, 4) is 0 Å². The Morgan fingerprint density at radius 2 is 1.95 bits per heavy atom. The summed E-state index contributed by atoms with van der Waals surface area (Å²) in [5.74, 6) is -0.546. The predicted octanol–water partition coefficient (Wildman–Crippen LogP) is 2.43. The summed E-state index contributed by atoms with van der Waals surface area (Å²) in [7, 11) is 0. The molecule has 1 unspecified atom stereocenters. The SMILES string of the molecule is Cc1cc(C(=O)NC(CN)Cc2ccccc2)ccc1F. The van der Waals surface area contributed by atoms with Crippen LogP contribution in [0.4, 0.5) is 4.39 Å². The molecule has 2 rings (SSSR count). The average molecular weight is 286 g/mol. The number of hydrogen-bond acceptors (Lipinski definition) is 2. The number of carbonyl (C=O) groups excluding carboxylic acids is 1. The molecule has 0 heterocycles. The smallest absolute Gasteiger partial charge is 0.251 e. The molecule has 0 aliphatic heterocycles. The molecular weight excluding hydrogens is 267 g/mol. The number of aryl methyl sites for hydroxylation is 1. The maximum Gasteiger partial charge on any atom is 0.251 e. The van der Waals surface area contributed by atoms with Gasteiger partial charge in [0.15, 0.2) is 0 Å². The van der Waals surface area contributed by atoms with E-state index in [1.54, 1.807) is 13.0 Å². The predicted molar refractivity (Wildman–Crippen MR) is 81.6 cm³/mol. The van der Waals surface area contributed by atoms with E-state index in [1.165, 1.54) is 12.1 Å². The third kappa shape index (κ3) is 4.13. The Bertz CT molecular complexity index is 613. The zero-order valence-corrected chi connectivity index (χ0v) is 12.0. The molecule has 1 amide bonds. The van der Waals surface area contributed by atoms with E-state index in [1.807, 2.05) is 30.3 Å². The van der Waals surface area contributed by atoms with Crippen LogP contribution < -0.4 is 11.1 Å². The average Bonchev–Trinajstić information content (AvgIpc) is 2.50. The zero-order valence-electron chi connectivity index (χ0n) is 12.0. The van der Waals surface area contributed by atoms with E-state index in [9.17, 15) is 9.18 Å². The van der Waals surface area contributed by atoms with Crippen LogP contribution in [0.1, 0.15) is 21.5 Å². The van der Waals surface area contributed by atoms with Crippen molar-refractivity contribution in [1.82, 2.24) is 5.32 Å². The summed E-state index contributed by atoms with van der Waals surface area (Å²) in [6.45, 7) is 1.98. The monoisotopic (exact) mass is 286 g/mol. The lowest BCUT2D eigenvalue weighted by atomic mass is 10.0. The van der Waals surface area contributed by atoms with Crippen LogP contribution >= 0.6 is 0 Å². The number of rotatable bonds is 5. The standard InChI is InChI=1S/C17H19FN2O/c1-12-9-14(7-8-16(12)18)17(21)20-15(11-19)10-13-5-3-2-4-6-13/h2-9,15H,10-11,19H2,1H3,(H,20,21). The lowest BCUT2D eigenvalue weighted by molar-refractivity contribution is 0.0938. The fourth-order valence-electron chi connectivity index (χ4n) is 2.15. The summed E-state index contributed by atoms with van der Waals surface area (Å²) in [5, 5.41) is 2.89. The van der Waals surface area contributed by atoms with Gasteiger partial charge in [-0.05, 0) is 42.7 Å². The summed E-state index contributed by atoms with van der Waals surface area (Å²) < 4.78 is 13.2. The molecule has 3 nitrogen and oxygen atoms in total. The fraction of sp³-hybridized carbons (Fsp3) is 0.235. The molecule has 2 aromatic carbocycles. The molecular formula is C17H19FN2O. The van der Waals surface area contributed by atoms with Crippen molar-refractivity contribution >= 4 is 5.91 Å². The van der Waals surface area contributed by atoms with Gasteiger partial charge in [0, 0.05) is 18.2 Å². The zero-order chi connectivity index (χ0) is 15.2. The molecule has 1 atom stereocenters. The van der Waals surface area contributed by atoms with Gasteiger partial charge in [0.1, 0.15) is 5.82 Å². The van der Waals surface area contributed by atoms with Crippen molar-refractivity contribution in [3.63, 3.8) is 0 Å². The quantitative estimate of drug-likeness (QED) is 0.887. The first-order chi connectivity index (χ1) is 10.1. The Hall–Kier alpha value is -2.20. The molecule has 21 heavy (non-hydrogen) atoms. The van der Waals surface area contributed by atoms with Crippen LogP contribution in [-0.4, -0.2) is 18.5 Å². The second-order valence-corrected chi connectivity index (χ2v) is 5.06. The van der Waals surface area contributed by atoms with E-state index in [0.29, 0.717) is 24.1 Å². The number of halogens is 1. The maximum absolute atomic E-state index is 13.2. The molecule has 110 valence electrons. The minimum absolute atomic E-state index is 0.148. The van der Waals surface area contributed by atoms with Crippen LogP contribution in [0.3, 0.4) is 0 Å². The highest BCUT2D eigenvalue weighted by Crippen LogP contribution is 2.10. The molecule has 0 aliphatic rings. The van der Waals surface area contributed by atoms with Crippen molar-refractivity contribution < 1.29 is 9.18 Å². The van der Waals surface area contributed by atoms with Gasteiger partial charge in [0.2, 0.25) is 0 Å². The van der Waals surface area contributed by atoms with E-state index in [-0.39, 0.29) is 17.8 Å². The summed E-state index contributed by atoms with van der Waals surface area (Å²) >= 11 is 0. The van der Waals surface area contributed by atoms with Gasteiger partial charge >= 0.3 is 0 Å². The molecule has 0 radical (unpaired) electrons. The molecule has 0 saturated heterocycles. The summed E-state index contributed by atoms with van der Waals surface area (Å²) in [6, 6.07) is 14.0. The molecule has 0 saturated carbocycles. The molecule has 0 fully saturated rings. The van der Waals surface area contributed by atoms with Crippen LogP contribution in [0.5, 0.6) is 0 Å². The van der Waals surface area contributed by atoms with Crippen molar-refractivity contribution in [2.24, 2.45) is 5.73 Å². The van der Waals surface area contributed by atoms with E-state index in [0.717, 1.165) is 5.56 Å². The Morgan fingerprint density at radius 3 is 2.57 bits per heavy atom. The Balaban J connectivity index is 2.04. The molecule has 2 aromatic rings. The molecule has 0 bridgehead atoms. The third-order valence-corrected chi connectivity index (χ3v) is 3.36. The van der Waals surface area contributed by atoms with E-state index in [4.69, 9.17) is 5.73 Å². The Morgan fingerprint density at radius 1 is 1.24 bits per heavy atom. The van der Waals surface area contributed by atoms with Gasteiger partial charge in [-0.15, -0.1) is 0 Å². The van der Waals surface area contributed by atoms with Crippen molar-refractivity contribution in [1.29, 1.82) is 0 Å². The second kappa shape index (κ2) is 6.99. The highest BCUT2D eigenvalue weighted by Gasteiger charge is 2.13. The highest BCUT2D eigenvalue weighted by atomic mass is 19.1. The lowest BCUT2D eigenvalue weighted by Gasteiger charge is -2.17. The van der Waals surface area contributed by atoms with Crippen LogP contribution in [0.15, 0.2) is 48.5 Å². The van der Waals surface area contributed by atoms with Gasteiger partial charge in [-0.3, -0.25) is 4.79 Å². The number of nitrogens with one attached hydrogen (secondary N) is 1. The minimum Gasteiger partial charge on any atom is -0.348 e. The summed E-state index contributed by atoms with van der Waals surface area (Å²) in [6.07, 6.45) is 0.670. The molecule has 0 aliphatic carbocycles. The van der Waals surface area contributed by atoms with E-state index in [2.05, 4.69) is 5.32 Å². The first-order valence-corrected chi connectivity index (χ1v) is 6.91. The number of amides is 1. The second-order valence-electron chi connectivity index (χ2n) is 5.06. The van der Waals surface area contributed by atoms with Crippen molar-refractivity contribution in [2.75, 3.05) is 6.54 Å². The number of benzene rings is 2. The molecule has 0 spiro atoms. The van der Waals surface area contributed by atoms with Gasteiger partial charge in [-0.2, -0.15) is 0 Å². The van der Waals surface area contributed by atoms with Gasteiger partial charge in [0.05, 0.1) is 0 Å². The normalized spacial score (nSPS) is 12.0. The van der Waals surface area contributed by atoms with Gasteiger partial charge in [0.25, 0.3) is 5.91 Å². The first kappa shape index (κ1) is 15.2. The number of nitrogens with two attached hydrogens (primary N) is 1. The van der Waals surface area contributed by atoms with Crippen LogP contribution in [0, 0.1) is 12.7 Å². The summed E-state index contributed by atoms with van der Waals surface area (Å²) in [4.78, 5) is 12.2. The van der Waals surface area contributed by atoms with Gasteiger partial charge in [-0.1, -0.05) is 30.3 Å². The van der Waals surface area contributed by atoms with E-state index < -0.39 is 0 Å². The Kier molecular flexibility index (Phi) is 5.06. The topological polar surface area (TPSA) is 55.1 Å². The van der Waals surface area contributed by atoms with Crippen LogP contribution in [0.25, 0.3) is 0 Å². The number of carbonyl (C=O) groups is 1. The maximum atomic E-state index is 13.2. The van der Waals surface area contributed by atoms with Crippen LogP contribution in [-0.2, 0) is 6.42 Å². The lowest BCUT2D eigenvalue weighted by Crippen LogP contribution is -2.41. The molecule has 3 N–H and O–H groups in total. The third-order valence-electron chi connectivity index (χ3n) is 3.36. The first-order valence-electron chi connectivity index (χ1n) is 6.91. The van der Waals surface area contributed by atoms with E-state index >= 15 is 0 Å². The molecule has 0 aromatic heterocycles. The van der Waals surface area contributed by atoms with Gasteiger partial charge in [-0.25, -0.2) is 4.39 Å². The highest BCUT2D eigenvalue weighted by molar-refractivity contribution is 5.94. The largest absolute Gasteiger partial charge is 0.348 e. The Labute approximate surface area is 124 Å². The van der Waals surface area contributed by atoms with Gasteiger partial charge < -0.3 is 11.1 Å². The summed E-state index contributed by atoms with van der Waals surface area (Å²) in [5.41, 5.74) is 7.74. The molecule has 4 heteroatoms. The fourth-order valence-corrected chi connectivity index (χ4v) is 2.15.